The van der Waals surface area contributed by atoms with Crippen LogP contribution >= 0.6 is 12.6 Å². The highest BCUT2D eigenvalue weighted by Gasteiger charge is 2.38. The summed E-state index contributed by atoms with van der Waals surface area (Å²) in [6.45, 7) is -1.37. The molecule has 0 radical (unpaired) electrons. The molecule has 19 nitrogen and oxygen atoms in total. The Hall–Kier alpha value is -4.17. The van der Waals surface area contributed by atoms with Gasteiger partial charge in [0, 0.05) is 18.8 Å². The van der Waals surface area contributed by atoms with Crippen molar-refractivity contribution in [2.24, 2.45) is 22.2 Å². The van der Waals surface area contributed by atoms with Gasteiger partial charge < -0.3 is 58.7 Å². The lowest BCUT2D eigenvalue weighted by atomic mass is 10.1. The zero-order valence-electron chi connectivity index (χ0n) is 23.2. The van der Waals surface area contributed by atoms with Crippen molar-refractivity contribution < 1.29 is 48.9 Å². The predicted molar refractivity (Wildman–Crippen MR) is 152 cm³/mol. The number of likely N-dealkylation sites (tertiary alicyclic amines) is 1. The number of carboxylic acid groups (broad SMARTS) is 2. The first kappa shape index (κ1) is 36.9. The number of aliphatic hydroxyl groups excluding tert-OH is 1. The molecular formula is C23H39N9O10S. The number of hydrogen-bond donors (Lipinski definition) is 11. The first-order valence-corrected chi connectivity index (χ1v) is 13.8. The van der Waals surface area contributed by atoms with E-state index in [0.717, 1.165) is 4.90 Å². The summed E-state index contributed by atoms with van der Waals surface area (Å²) >= 11 is 3.89. The lowest BCUT2D eigenvalue weighted by Crippen LogP contribution is -2.59. The fraction of sp³-hybridized carbons (Fsp3) is 0.652. The molecule has 1 fully saturated rings. The number of carbonyl (C=O) groups is 7. The van der Waals surface area contributed by atoms with E-state index in [9.17, 15) is 48.9 Å². The lowest BCUT2D eigenvalue weighted by Gasteiger charge is -2.28. The number of carbonyl (C=O) groups excluding carboxylic acids is 5. The standard InChI is InChI=1S/C23H39N9O10S/c24-11(10-43)18(37)28-8-16(34)29-12(3-1-5-27-23(25)26)19(38)30-13(7-17(35)36)20(39)31-14(9-33)21(40)32-6-2-4-15(32)22(41)42/h11-15,33,43H,1-10,24H2,(H,28,37)(H,29,34)(H,30,38)(H,31,39)(H,35,36)(H,41,42)(H4,25,26,27)/t11-,12+,13+,14+,15+/m1/s1. The maximum absolute atomic E-state index is 13.1. The molecule has 20 heteroatoms. The zero-order chi connectivity index (χ0) is 32.7. The van der Waals surface area contributed by atoms with Crippen LogP contribution < -0.4 is 38.5 Å². The van der Waals surface area contributed by atoms with Gasteiger partial charge in [-0.1, -0.05) is 0 Å². The molecule has 1 aliphatic heterocycles. The van der Waals surface area contributed by atoms with Gasteiger partial charge in [-0.25, -0.2) is 4.79 Å². The Morgan fingerprint density at radius 1 is 0.953 bits per heavy atom. The summed E-state index contributed by atoms with van der Waals surface area (Å²) < 4.78 is 0. The first-order valence-electron chi connectivity index (χ1n) is 13.2. The minimum Gasteiger partial charge on any atom is -0.481 e. The van der Waals surface area contributed by atoms with E-state index in [1.807, 2.05) is 0 Å². The largest absolute Gasteiger partial charge is 0.481 e. The average Bonchev–Trinajstić information content (AvgIpc) is 3.45. The predicted octanol–water partition coefficient (Wildman–Crippen LogP) is -5.59. The van der Waals surface area contributed by atoms with Crippen LogP contribution in [0.1, 0.15) is 32.1 Å². The maximum Gasteiger partial charge on any atom is 0.326 e. The van der Waals surface area contributed by atoms with Crippen molar-refractivity contribution in [3.05, 3.63) is 0 Å². The number of carboxylic acids is 2. The van der Waals surface area contributed by atoms with Gasteiger partial charge in [-0.15, -0.1) is 0 Å². The minimum absolute atomic E-state index is 0.0111. The molecule has 43 heavy (non-hydrogen) atoms. The SMILES string of the molecule is NC(N)=NCCC[C@H](NC(=O)CNC(=O)[C@H](N)CS)C(=O)N[C@@H](CC(=O)O)C(=O)N[C@@H](CO)C(=O)N1CCC[C@H]1C(=O)O. The molecule has 1 aliphatic rings. The number of amides is 5. The zero-order valence-corrected chi connectivity index (χ0v) is 24.1. The molecule has 13 N–H and O–H groups in total. The van der Waals surface area contributed by atoms with Crippen molar-refractivity contribution in [3.8, 4) is 0 Å². The van der Waals surface area contributed by atoms with Crippen LogP contribution in [-0.4, -0.2) is 130 Å². The second-order valence-corrected chi connectivity index (χ2v) is 9.87. The molecule has 0 unspecified atom stereocenters. The van der Waals surface area contributed by atoms with Gasteiger partial charge in [-0.3, -0.25) is 33.8 Å². The van der Waals surface area contributed by atoms with Crippen LogP contribution in [0.5, 0.6) is 0 Å². The number of aliphatic imine (C=N–C) groups is 1. The fourth-order valence-electron chi connectivity index (χ4n) is 4.00. The van der Waals surface area contributed by atoms with E-state index >= 15 is 0 Å². The van der Waals surface area contributed by atoms with Crippen LogP contribution in [0.15, 0.2) is 4.99 Å². The molecule has 5 amide bonds. The van der Waals surface area contributed by atoms with E-state index in [-0.39, 0.29) is 44.1 Å². The van der Waals surface area contributed by atoms with E-state index in [2.05, 4.69) is 38.9 Å². The van der Waals surface area contributed by atoms with Gasteiger partial charge in [0.15, 0.2) is 5.96 Å². The molecule has 0 aromatic rings. The summed E-state index contributed by atoms with van der Waals surface area (Å²) in [5.74, 6) is -7.51. The number of rotatable bonds is 18. The molecular weight excluding hydrogens is 594 g/mol. The minimum atomic E-state index is -1.77. The van der Waals surface area contributed by atoms with Gasteiger partial charge in [0.2, 0.25) is 29.5 Å². The Kier molecular flexibility index (Phi) is 15.8. The molecule has 0 aliphatic carbocycles. The van der Waals surface area contributed by atoms with Crippen molar-refractivity contribution >= 4 is 60.1 Å². The molecule has 1 heterocycles. The summed E-state index contributed by atoms with van der Waals surface area (Å²) in [6.07, 6.45) is -0.313. The summed E-state index contributed by atoms with van der Waals surface area (Å²) in [7, 11) is 0. The fourth-order valence-corrected chi connectivity index (χ4v) is 4.17. The number of nitrogens with one attached hydrogen (secondary N) is 4. The summed E-state index contributed by atoms with van der Waals surface area (Å²) in [5.41, 5.74) is 16.1. The Labute approximate surface area is 251 Å². The van der Waals surface area contributed by atoms with Crippen molar-refractivity contribution in [3.63, 3.8) is 0 Å². The number of aliphatic carboxylic acids is 2. The quantitative estimate of drug-likeness (QED) is 0.0291. The number of nitrogens with zero attached hydrogens (tertiary/aromatic N) is 2. The van der Waals surface area contributed by atoms with Crippen molar-refractivity contribution in [2.45, 2.75) is 62.3 Å². The number of thiol groups is 1. The Morgan fingerprint density at radius 3 is 2.14 bits per heavy atom. The summed E-state index contributed by atoms with van der Waals surface area (Å²) in [5, 5.41) is 37.4. The van der Waals surface area contributed by atoms with Crippen LogP contribution in [0.3, 0.4) is 0 Å². The third kappa shape index (κ3) is 12.7. The highest BCUT2D eigenvalue weighted by Crippen LogP contribution is 2.18. The number of hydrogen-bond acceptors (Lipinski definition) is 11. The van der Waals surface area contributed by atoms with Gasteiger partial charge in [0.25, 0.3) is 0 Å². The van der Waals surface area contributed by atoms with Gasteiger partial charge in [0.05, 0.1) is 25.6 Å². The van der Waals surface area contributed by atoms with E-state index in [1.54, 1.807) is 0 Å². The molecule has 0 saturated carbocycles. The Bertz CT molecular complexity index is 1070. The van der Waals surface area contributed by atoms with Crippen molar-refractivity contribution in [1.82, 2.24) is 26.2 Å². The highest BCUT2D eigenvalue weighted by molar-refractivity contribution is 7.80. The lowest BCUT2D eigenvalue weighted by molar-refractivity contribution is -0.150. The van der Waals surface area contributed by atoms with E-state index in [0.29, 0.717) is 6.42 Å². The third-order valence-corrected chi connectivity index (χ3v) is 6.58. The number of guanidine groups is 1. The van der Waals surface area contributed by atoms with Crippen LogP contribution in [0, 0.1) is 0 Å². The van der Waals surface area contributed by atoms with Gasteiger partial charge in [-0.05, 0) is 25.7 Å². The molecule has 0 spiro atoms. The molecule has 1 saturated heterocycles. The second kappa shape index (κ2) is 18.4. The van der Waals surface area contributed by atoms with Crippen LogP contribution in [0.25, 0.3) is 0 Å². The third-order valence-electron chi connectivity index (χ3n) is 6.18. The first-order chi connectivity index (χ1) is 20.2. The van der Waals surface area contributed by atoms with Crippen molar-refractivity contribution in [2.75, 3.05) is 32.0 Å². The summed E-state index contributed by atoms with van der Waals surface area (Å²) in [6, 6.07) is -6.89. The smallest absolute Gasteiger partial charge is 0.326 e. The Balaban J connectivity index is 3.03. The van der Waals surface area contributed by atoms with Gasteiger partial charge in [-0.2, -0.15) is 12.6 Å². The van der Waals surface area contributed by atoms with Crippen LogP contribution in [0.4, 0.5) is 0 Å². The van der Waals surface area contributed by atoms with E-state index < -0.39 is 91.3 Å². The number of aliphatic hydroxyl groups is 1. The highest BCUT2D eigenvalue weighted by atomic mass is 32.1. The van der Waals surface area contributed by atoms with Crippen LogP contribution in [0.2, 0.25) is 0 Å². The summed E-state index contributed by atoms with van der Waals surface area (Å²) in [4.78, 5) is 90.9. The van der Waals surface area contributed by atoms with E-state index in [4.69, 9.17) is 17.2 Å². The van der Waals surface area contributed by atoms with Crippen molar-refractivity contribution in [1.29, 1.82) is 0 Å². The molecule has 242 valence electrons. The molecule has 0 bridgehead atoms. The molecule has 1 rings (SSSR count). The van der Waals surface area contributed by atoms with E-state index in [1.165, 1.54) is 0 Å². The normalized spacial score (nSPS) is 17.0. The Morgan fingerprint density at radius 2 is 1.58 bits per heavy atom. The number of nitrogens with two attached hydrogens (primary N) is 3. The van der Waals surface area contributed by atoms with Crippen LogP contribution in [-0.2, 0) is 33.6 Å². The topological polar surface area (TPSA) is 322 Å². The maximum atomic E-state index is 13.1. The second-order valence-electron chi connectivity index (χ2n) is 9.51. The molecule has 0 aromatic heterocycles. The average molecular weight is 634 g/mol. The monoisotopic (exact) mass is 633 g/mol. The van der Waals surface area contributed by atoms with Gasteiger partial charge >= 0.3 is 11.9 Å². The molecule has 5 atom stereocenters. The molecule has 0 aromatic carbocycles. The van der Waals surface area contributed by atoms with Gasteiger partial charge in [0.1, 0.15) is 24.2 Å².